The lowest BCUT2D eigenvalue weighted by molar-refractivity contribution is -0.140. The second-order valence-corrected chi connectivity index (χ2v) is 9.55. The van der Waals surface area contributed by atoms with Crippen LogP contribution in [0.5, 0.6) is 0 Å². The van der Waals surface area contributed by atoms with Crippen LogP contribution in [-0.4, -0.2) is 68.7 Å². The van der Waals surface area contributed by atoms with Gasteiger partial charge in [0.25, 0.3) is 0 Å². The van der Waals surface area contributed by atoms with E-state index in [9.17, 15) is 9.59 Å². The third-order valence-electron chi connectivity index (χ3n) is 7.37. The highest BCUT2D eigenvalue weighted by atomic mass is 16.2. The molecule has 1 atom stereocenters. The zero-order chi connectivity index (χ0) is 21.9. The van der Waals surface area contributed by atoms with Gasteiger partial charge in [0, 0.05) is 38.1 Å². The first-order chi connectivity index (χ1) is 15.7. The number of hydrogen-bond acceptors (Lipinski definition) is 6. The molecule has 2 amide bonds. The number of carbonyl (C=O) groups is 2. The summed E-state index contributed by atoms with van der Waals surface area (Å²) < 4.78 is 1.68. The Morgan fingerprint density at radius 1 is 0.906 bits per heavy atom. The molecular weight excluding hydrogens is 406 g/mol. The highest BCUT2D eigenvalue weighted by Gasteiger charge is 2.34. The van der Waals surface area contributed by atoms with Crippen molar-refractivity contribution in [1.82, 2.24) is 30.0 Å². The molecule has 1 aliphatic carbocycles. The average molecular weight is 440 g/mol. The minimum absolute atomic E-state index is 0.0325. The number of aromatic nitrogens is 4. The highest BCUT2D eigenvalue weighted by molar-refractivity contribution is 5.82. The first kappa shape index (κ1) is 21.2. The van der Waals surface area contributed by atoms with E-state index < -0.39 is 0 Å². The highest BCUT2D eigenvalue weighted by Crippen LogP contribution is 2.26. The Hall–Kier alpha value is -2.71. The van der Waals surface area contributed by atoms with Crippen LogP contribution in [0.3, 0.4) is 0 Å². The minimum Gasteiger partial charge on any atom is -0.355 e. The van der Waals surface area contributed by atoms with Gasteiger partial charge in [-0.15, -0.1) is 15.3 Å². The third kappa shape index (κ3) is 4.56. The molecule has 2 aliphatic heterocycles. The van der Waals surface area contributed by atoms with E-state index in [1.807, 2.05) is 17.0 Å². The molecule has 1 N–H and O–H groups in total. The van der Waals surface area contributed by atoms with E-state index in [1.54, 1.807) is 10.8 Å². The molecule has 9 heteroatoms. The van der Waals surface area contributed by atoms with Gasteiger partial charge in [0.15, 0.2) is 5.65 Å². The number of hydrogen-bond donors (Lipinski definition) is 1. The summed E-state index contributed by atoms with van der Waals surface area (Å²) in [5.74, 6) is 1.24. The fourth-order valence-electron chi connectivity index (χ4n) is 5.46. The summed E-state index contributed by atoms with van der Waals surface area (Å²) >= 11 is 0. The molecule has 32 heavy (non-hydrogen) atoms. The standard InChI is InChI=1S/C23H33N7O2/c31-22(25-19-6-2-1-3-7-19)18-5-4-12-29(15-18)23(32)17-10-13-28(14-11-17)21-9-8-20-26-24-16-30(20)27-21/h8-9,16-19H,1-7,10-15H2,(H,25,31). The molecule has 0 bridgehead atoms. The Morgan fingerprint density at radius 2 is 1.72 bits per heavy atom. The molecule has 0 radical (unpaired) electrons. The lowest BCUT2D eigenvalue weighted by Gasteiger charge is -2.38. The van der Waals surface area contributed by atoms with Crippen LogP contribution in [0.1, 0.15) is 57.8 Å². The summed E-state index contributed by atoms with van der Waals surface area (Å²) in [6, 6.07) is 4.21. The van der Waals surface area contributed by atoms with Crippen molar-refractivity contribution in [1.29, 1.82) is 0 Å². The number of nitrogens with zero attached hydrogens (tertiary/aromatic N) is 6. The van der Waals surface area contributed by atoms with E-state index in [0.29, 0.717) is 12.6 Å². The summed E-state index contributed by atoms with van der Waals surface area (Å²) in [7, 11) is 0. The lowest BCUT2D eigenvalue weighted by Crippen LogP contribution is -2.50. The van der Waals surface area contributed by atoms with Crippen LogP contribution in [-0.2, 0) is 9.59 Å². The normalized spacial score (nSPS) is 23.4. The zero-order valence-electron chi connectivity index (χ0n) is 18.7. The van der Waals surface area contributed by atoms with Crippen LogP contribution in [0.2, 0.25) is 0 Å². The van der Waals surface area contributed by atoms with Crippen LogP contribution < -0.4 is 10.2 Å². The molecule has 4 heterocycles. The number of carbonyl (C=O) groups excluding carboxylic acids is 2. The van der Waals surface area contributed by atoms with Gasteiger partial charge in [-0.05, 0) is 50.7 Å². The maximum absolute atomic E-state index is 13.2. The van der Waals surface area contributed by atoms with Crippen molar-refractivity contribution in [2.45, 2.75) is 63.8 Å². The number of nitrogens with one attached hydrogen (secondary N) is 1. The van der Waals surface area contributed by atoms with Crippen LogP contribution in [0, 0.1) is 11.8 Å². The Kier molecular flexibility index (Phi) is 6.23. The third-order valence-corrected chi connectivity index (χ3v) is 7.37. The van der Waals surface area contributed by atoms with E-state index in [2.05, 4.69) is 25.5 Å². The van der Waals surface area contributed by atoms with Crippen molar-refractivity contribution in [3.05, 3.63) is 18.5 Å². The van der Waals surface area contributed by atoms with E-state index in [-0.39, 0.29) is 23.7 Å². The fourth-order valence-corrected chi connectivity index (χ4v) is 5.46. The van der Waals surface area contributed by atoms with Crippen LogP contribution in [0.4, 0.5) is 5.82 Å². The Balaban J connectivity index is 1.13. The molecule has 2 aromatic rings. The van der Waals surface area contributed by atoms with E-state index in [0.717, 1.165) is 69.6 Å². The van der Waals surface area contributed by atoms with E-state index in [1.165, 1.54) is 19.3 Å². The van der Waals surface area contributed by atoms with Crippen LogP contribution >= 0.6 is 0 Å². The summed E-state index contributed by atoms with van der Waals surface area (Å²) in [6.45, 7) is 2.95. The van der Waals surface area contributed by atoms with Gasteiger partial charge in [-0.1, -0.05) is 19.3 Å². The van der Waals surface area contributed by atoms with Gasteiger partial charge < -0.3 is 15.1 Å². The maximum atomic E-state index is 13.2. The Labute approximate surface area is 188 Å². The number of amides is 2. The van der Waals surface area contributed by atoms with Crippen molar-refractivity contribution in [2.24, 2.45) is 11.8 Å². The monoisotopic (exact) mass is 439 g/mol. The van der Waals surface area contributed by atoms with Crippen LogP contribution in [0.25, 0.3) is 5.65 Å². The lowest BCUT2D eigenvalue weighted by atomic mass is 9.91. The Morgan fingerprint density at radius 3 is 2.53 bits per heavy atom. The van der Waals surface area contributed by atoms with Gasteiger partial charge in [0.1, 0.15) is 12.1 Å². The molecule has 5 rings (SSSR count). The Bertz CT molecular complexity index is 947. The first-order valence-corrected chi connectivity index (χ1v) is 12.2. The number of piperidine rings is 2. The summed E-state index contributed by atoms with van der Waals surface area (Å²) in [4.78, 5) is 30.2. The molecule has 9 nitrogen and oxygen atoms in total. The fraction of sp³-hybridized carbons (Fsp3) is 0.696. The average Bonchev–Trinajstić information content (AvgIpc) is 3.32. The zero-order valence-corrected chi connectivity index (χ0v) is 18.7. The maximum Gasteiger partial charge on any atom is 0.225 e. The molecule has 0 spiro atoms. The molecule has 2 aromatic heterocycles. The molecule has 3 fully saturated rings. The van der Waals surface area contributed by atoms with E-state index >= 15 is 0 Å². The second-order valence-electron chi connectivity index (χ2n) is 9.55. The number of fused-ring (bicyclic) bond motifs is 1. The van der Waals surface area contributed by atoms with Crippen molar-refractivity contribution in [2.75, 3.05) is 31.1 Å². The van der Waals surface area contributed by atoms with Gasteiger partial charge in [0.05, 0.1) is 5.92 Å². The smallest absolute Gasteiger partial charge is 0.225 e. The summed E-state index contributed by atoms with van der Waals surface area (Å²) in [5, 5.41) is 15.7. The number of anilines is 1. The minimum atomic E-state index is -0.0607. The largest absolute Gasteiger partial charge is 0.355 e. The van der Waals surface area contributed by atoms with Gasteiger partial charge >= 0.3 is 0 Å². The molecular formula is C23H33N7O2. The predicted molar refractivity (Wildman–Crippen MR) is 120 cm³/mol. The molecule has 1 unspecified atom stereocenters. The van der Waals surface area contributed by atoms with Gasteiger partial charge in [0.2, 0.25) is 11.8 Å². The van der Waals surface area contributed by atoms with Gasteiger partial charge in [-0.25, -0.2) is 0 Å². The molecule has 1 saturated carbocycles. The number of rotatable bonds is 4. The van der Waals surface area contributed by atoms with Crippen molar-refractivity contribution in [3.63, 3.8) is 0 Å². The van der Waals surface area contributed by atoms with Crippen molar-refractivity contribution in [3.8, 4) is 0 Å². The van der Waals surface area contributed by atoms with Crippen LogP contribution in [0.15, 0.2) is 18.5 Å². The first-order valence-electron chi connectivity index (χ1n) is 12.2. The SMILES string of the molecule is O=C(NC1CCCCC1)C1CCCN(C(=O)C2CCN(c3ccc4nncn4n3)CC2)C1. The predicted octanol–water partition coefficient (Wildman–Crippen LogP) is 2.03. The summed E-state index contributed by atoms with van der Waals surface area (Å²) in [5.41, 5.74) is 0.728. The van der Waals surface area contributed by atoms with Gasteiger partial charge in [-0.2, -0.15) is 4.52 Å². The van der Waals surface area contributed by atoms with E-state index in [4.69, 9.17) is 0 Å². The number of likely N-dealkylation sites (tertiary alicyclic amines) is 1. The van der Waals surface area contributed by atoms with Crippen molar-refractivity contribution >= 4 is 23.3 Å². The topological polar surface area (TPSA) is 95.7 Å². The van der Waals surface area contributed by atoms with Crippen molar-refractivity contribution < 1.29 is 9.59 Å². The molecule has 172 valence electrons. The molecule has 0 aromatic carbocycles. The quantitative estimate of drug-likeness (QED) is 0.783. The van der Waals surface area contributed by atoms with Gasteiger partial charge in [-0.3, -0.25) is 9.59 Å². The summed E-state index contributed by atoms with van der Waals surface area (Å²) in [6.07, 6.45) is 10.9. The second kappa shape index (κ2) is 9.42. The molecule has 2 saturated heterocycles. The molecule has 3 aliphatic rings.